The summed E-state index contributed by atoms with van der Waals surface area (Å²) in [7, 11) is 0. The van der Waals surface area contributed by atoms with Crippen molar-refractivity contribution in [2.45, 2.75) is 29.4 Å². The van der Waals surface area contributed by atoms with Gasteiger partial charge in [0.1, 0.15) is 0 Å². The Bertz CT molecular complexity index is 963. The molecule has 3 heterocycles. The Kier molecular flexibility index (Phi) is 5.31. The second kappa shape index (κ2) is 7.88. The highest BCUT2D eigenvalue weighted by molar-refractivity contribution is 7.99. The van der Waals surface area contributed by atoms with Crippen LogP contribution in [-0.2, 0) is 6.54 Å². The number of halogens is 4. The quantitative estimate of drug-likeness (QED) is 0.472. The van der Waals surface area contributed by atoms with Crippen molar-refractivity contribution in [3.8, 4) is 5.69 Å². The molecule has 28 heavy (non-hydrogen) atoms. The lowest BCUT2D eigenvalue weighted by atomic mass is 10.3. The van der Waals surface area contributed by atoms with Crippen LogP contribution in [0.25, 0.3) is 5.69 Å². The number of aromatic nitrogens is 4. The fraction of sp³-hybridized carbons (Fsp3) is 0.278. The fourth-order valence-electron chi connectivity index (χ4n) is 3.09. The Morgan fingerprint density at radius 1 is 0.893 bits per heavy atom. The average molecular weight is 409 g/mol. The third-order valence-electron chi connectivity index (χ3n) is 4.43. The van der Waals surface area contributed by atoms with E-state index in [9.17, 15) is 17.6 Å². The zero-order valence-corrected chi connectivity index (χ0v) is 15.4. The maximum Gasteiger partial charge on any atom is 0.252 e. The van der Waals surface area contributed by atoms with Gasteiger partial charge in [0, 0.05) is 5.69 Å². The summed E-state index contributed by atoms with van der Waals surface area (Å²) in [5, 5.41) is 8.28. The van der Waals surface area contributed by atoms with Gasteiger partial charge >= 0.3 is 0 Å². The number of benzene rings is 1. The molecule has 4 rings (SSSR count). The first-order valence-electron chi connectivity index (χ1n) is 8.64. The summed E-state index contributed by atoms with van der Waals surface area (Å²) in [6.07, 6.45) is 2.18. The Balaban J connectivity index is 1.76. The summed E-state index contributed by atoms with van der Waals surface area (Å²) in [5.41, 5.74) is 0.681. The molecule has 1 aliphatic heterocycles. The molecule has 0 atom stereocenters. The molecular weight excluding hydrogens is 394 g/mol. The summed E-state index contributed by atoms with van der Waals surface area (Å²) in [6, 6.07) is 9.02. The van der Waals surface area contributed by atoms with Gasteiger partial charge in [-0.2, -0.15) is 13.8 Å². The standard InChI is InChI=1S/C18H15F4N5S/c19-13-15(14(20)17(22)23-16(13)21)28-18-25-24-12(10-26-8-4-5-9-26)27(18)11-6-2-1-3-7-11/h1-3,6-7H,4-5,8-10H2. The van der Waals surface area contributed by atoms with Crippen molar-refractivity contribution in [1.82, 2.24) is 24.6 Å². The lowest BCUT2D eigenvalue weighted by Gasteiger charge is -2.16. The highest BCUT2D eigenvalue weighted by Gasteiger charge is 2.25. The van der Waals surface area contributed by atoms with Gasteiger partial charge in [0.05, 0.1) is 11.4 Å². The summed E-state index contributed by atoms with van der Waals surface area (Å²) in [6.45, 7) is 2.36. The van der Waals surface area contributed by atoms with Gasteiger partial charge in [-0.3, -0.25) is 9.47 Å². The first kappa shape index (κ1) is 18.9. The van der Waals surface area contributed by atoms with Crippen LogP contribution in [0.2, 0.25) is 0 Å². The lowest BCUT2D eigenvalue weighted by molar-refractivity contribution is 0.319. The Morgan fingerprint density at radius 3 is 2.18 bits per heavy atom. The minimum Gasteiger partial charge on any atom is -0.296 e. The SMILES string of the molecule is Fc1nc(F)c(F)c(Sc2nnc(CN3CCCC3)n2-c2ccccc2)c1F. The highest BCUT2D eigenvalue weighted by Crippen LogP contribution is 2.34. The molecule has 0 spiro atoms. The van der Waals surface area contributed by atoms with Crippen LogP contribution in [0.3, 0.4) is 0 Å². The van der Waals surface area contributed by atoms with E-state index in [2.05, 4.69) is 20.1 Å². The molecule has 1 saturated heterocycles. The van der Waals surface area contributed by atoms with E-state index in [1.165, 1.54) is 0 Å². The number of hydrogen-bond donors (Lipinski definition) is 0. The highest BCUT2D eigenvalue weighted by atomic mass is 32.2. The molecule has 1 aromatic carbocycles. The predicted molar refractivity (Wildman–Crippen MR) is 94.1 cm³/mol. The normalized spacial score (nSPS) is 14.7. The molecule has 0 saturated carbocycles. The summed E-state index contributed by atoms with van der Waals surface area (Å²) in [5.74, 6) is -5.96. The summed E-state index contributed by atoms with van der Waals surface area (Å²) in [4.78, 5) is 3.94. The minimum absolute atomic E-state index is 0.100. The number of para-hydroxylation sites is 1. The van der Waals surface area contributed by atoms with Gasteiger partial charge in [-0.25, -0.2) is 8.78 Å². The van der Waals surface area contributed by atoms with Crippen LogP contribution in [0.4, 0.5) is 17.6 Å². The van der Waals surface area contributed by atoms with E-state index in [1.54, 1.807) is 28.8 Å². The van der Waals surface area contributed by atoms with Crippen molar-refractivity contribution < 1.29 is 17.6 Å². The van der Waals surface area contributed by atoms with Crippen LogP contribution in [0.15, 0.2) is 40.4 Å². The van der Waals surface area contributed by atoms with Crippen LogP contribution in [-0.4, -0.2) is 37.7 Å². The van der Waals surface area contributed by atoms with Crippen molar-refractivity contribution in [2.24, 2.45) is 0 Å². The Hall–Kier alpha value is -2.46. The second-order valence-electron chi connectivity index (χ2n) is 6.31. The average Bonchev–Trinajstić information content (AvgIpc) is 3.35. The molecule has 1 aliphatic rings. The number of pyridine rings is 1. The van der Waals surface area contributed by atoms with E-state index in [-0.39, 0.29) is 5.16 Å². The van der Waals surface area contributed by atoms with Gasteiger partial charge in [-0.1, -0.05) is 18.2 Å². The molecule has 0 N–H and O–H groups in total. The van der Waals surface area contributed by atoms with Crippen molar-refractivity contribution >= 4 is 11.8 Å². The predicted octanol–water partition coefficient (Wildman–Crippen LogP) is 3.97. The molecule has 0 aliphatic carbocycles. The van der Waals surface area contributed by atoms with Gasteiger partial charge in [-0.15, -0.1) is 10.2 Å². The molecule has 0 bridgehead atoms. The maximum atomic E-state index is 14.1. The molecule has 10 heteroatoms. The first-order valence-corrected chi connectivity index (χ1v) is 9.46. The van der Waals surface area contributed by atoms with Crippen LogP contribution < -0.4 is 0 Å². The van der Waals surface area contributed by atoms with E-state index in [0.717, 1.165) is 25.9 Å². The van der Waals surface area contributed by atoms with Crippen LogP contribution in [0, 0.1) is 23.5 Å². The second-order valence-corrected chi connectivity index (χ2v) is 7.28. The molecular formula is C18H15F4N5S. The third-order valence-corrected chi connectivity index (χ3v) is 5.44. The molecule has 0 radical (unpaired) electrons. The molecule has 3 aromatic rings. The largest absolute Gasteiger partial charge is 0.296 e. The van der Waals surface area contributed by atoms with Gasteiger partial charge < -0.3 is 0 Å². The molecule has 146 valence electrons. The number of nitrogens with zero attached hydrogens (tertiary/aromatic N) is 5. The van der Waals surface area contributed by atoms with Crippen LogP contribution in [0.1, 0.15) is 18.7 Å². The zero-order chi connectivity index (χ0) is 19.7. The lowest BCUT2D eigenvalue weighted by Crippen LogP contribution is -2.21. The Labute approximate surface area is 162 Å². The molecule has 5 nitrogen and oxygen atoms in total. The van der Waals surface area contributed by atoms with E-state index < -0.39 is 28.4 Å². The van der Waals surface area contributed by atoms with Gasteiger partial charge in [0.2, 0.25) is 5.16 Å². The van der Waals surface area contributed by atoms with Crippen molar-refractivity contribution in [1.29, 1.82) is 0 Å². The van der Waals surface area contributed by atoms with Gasteiger partial charge in [0.25, 0.3) is 11.9 Å². The van der Waals surface area contributed by atoms with Crippen molar-refractivity contribution in [3.05, 3.63) is 59.7 Å². The number of rotatable bonds is 5. The Morgan fingerprint density at radius 2 is 1.54 bits per heavy atom. The number of hydrogen-bond acceptors (Lipinski definition) is 5. The molecule has 0 amide bonds. The van der Waals surface area contributed by atoms with Crippen molar-refractivity contribution in [2.75, 3.05) is 13.1 Å². The van der Waals surface area contributed by atoms with Gasteiger partial charge in [0.15, 0.2) is 17.5 Å². The van der Waals surface area contributed by atoms with Crippen LogP contribution in [0.5, 0.6) is 0 Å². The number of likely N-dealkylation sites (tertiary alicyclic amines) is 1. The topological polar surface area (TPSA) is 46.8 Å². The van der Waals surface area contributed by atoms with E-state index in [1.807, 2.05) is 6.07 Å². The van der Waals surface area contributed by atoms with Gasteiger partial charge in [-0.05, 0) is 49.8 Å². The third kappa shape index (κ3) is 3.61. The summed E-state index contributed by atoms with van der Waals surface area (Å²) >= 11 is 0.470. The van der Waals surface area contributed by atoms with E-state index >= 15 is 0 Å². The van der Waals surface area contributed by atoms with E-state index in [4.69, 9.17) is 0 Å². The molecule has 1 fully saturated rings. The minimum atomic E-state index is -1.70. The maximum absolute atomic E-state index is 14.1. The van der Waals surface area contributed by atoms with Crippen molar-refractivity contribution in [3.63, 3.8) is 0 Å². The van der Waals surface area contributed by atoms with Crippen LogP contribution >= 0.6 is 11.8 Å². The van der Waals surface area contributed by atoms with E-state index in [0.29, 0.717) is 29.8 Å². The monoisotopic (exact) mass is 409 g/mol. The smallest absolute Gasteiger partial charge is 0.252 e. The fourth-order valence-corrected chi connectivity index (χ4v) is 4.01. The molecule has 0 unspecified atom stereocenters. The first-order chi connectivity index (χ1) is 13.5. The molecule has 2 aromatic heterocycles. The zero-order valence-electron chi connectivity index (χ0n) is 14.6. The summed E-state index contributed by atoms with van der Waals surface area (Å²) < 4.78 is 56.7.